The number of thiol groups is 1. The summed E-state index contributed by atoms with van der Waals surface area (Å²) in [5, 5.41) is 23.6. The Balaban J connectivity index is 2.02. The summed E-state index contributed by atoms with van der Waals surface area (Å²) in [5.41, 5.74) is 6.87. The molecule has 1 aromatic carbocycles. The number of carboxylic acids is 1. The van der Waals surface area contributed by atoms with Crippen LogP contribution in [0.4, 0.5) is 0 Å². The number of nitrogens with two attached hydrogens (primary N) is 1. The zero-order chi connectivity index (χ0) is 23.8. The maximum absolute atomic E-state index is 13.0. The minimum Gasteiger partial charge on any atom is -0.480 e. The van der Waals surface area contributed by atoms with Gasteiger partial charge in [-0.3, -0.25) is 14.4 Å². The summed E-state index contributed by atoms with van der Waals surface area (Å²) in [5.74, 6) is -3.06. The molecule has 0 radical (unpaired) electrons. The molecule has 2 rings (SSSR count). The molecule has 32 heavy (non-hydrogen) atoms. The average Bonchev–Trinajstić information content (AvgIpc) is 3.25. The molecule has 1 aromatic rings. The Morgan fingerprint density at radius 2 is 1.88 bits per heavy atom. The van der Waals surface area contributed by atoms with Crippen molar-refractivity contribution in [2.45, 2.75) is 56.5 Å². The van der Waals surface area contributed by atoms with E-state index in [1.54, 1.807) is 0 Å². The second-order valence-corrected chi connectivity index (χ2v) is 8.16. The van der Waals surface area contributed by atoms with Gasteiger partial charge in [-0.1, -0.05) is 30.3 Å². The molecular formula is C21H30N4O6S. The van der Waals surface area contributed by atoms with Gasteiger partial charge in [0.2, 0.25) is 17.7 Å². The van der Waals surface area contributed by atoms with Gasteiger partial charge in [0.05, 0.1) is 12.1 Å². The summed E-state index contributed by atoms with van der Waals surface area (Å²) in [6.45, 7) is 1.53. The molecule has 1 aliphatic rings. The van der Waals surface area contributed by atoms with Crippen LogP contribution in [0.3, 0.4) is 0 Å². The number of carbonyl (C=O) groups excluding carboxylic acids is 3. The highest BCUT2D eigenvalue weighted by atomic mass is 32.1. The molecule has 1 saturated heterocycles. The van der Waals surface area contributed by atoms with E-state index < -0.39 is 54.0 Å². The molecule has 10 nitrogen and oxygen atoms in total. The Kier molecular flexibility index (Phi) is 9.48. The summed E-state index contributed by atoms with van der Waals surface area (Å²) in [4.78, 5) is 50.7. The molecule has 0 aliphatic carbocycles. The zero-order valence-electron chi connectivity index (χ0n) is 17.8. The van der Waals surface area contributed by atoms with Crippen molar-refractivity contribution in [3.8, 4) is 0 Å². The van der Waals surface area contributed by atoms with Crippen molar-refractivity contribution in [2.24, 2.45) is 5.73 Å². The smallest absolute Gasteiger partial charge is 0.328 e. The fraction of sp³-hybridized carbons (Fsp3) is 0.524. The molecule has 11 heteroatoms. The molecule has 0 spiro atoms. The highest BCUT2D eigenvalue weighted by Crippen LogP contribution is 2.19. The molecule has 0 aromatic heterocycles. The number of aliphatic carboxylic acids is 1. The van der Waals surface area contributed by atoms with Crippen LogP contribution in [0, 0.1) is 0 Å². The van der Waals surface area contributed by atoms with Crippen LogP contribution in [0.25, 0.3) is 0 Å². The molecule has 6 N–H and O–H groups in total. The van der Waals surface area contributed by atoms with E-state index in [0.717, 1.165) is 5.56 Å². The average molecular weight is 467 g/mol. The predicted molar refractivity (Wildman–Crippen MR) is 120 cm³/mol. The van der Waals surface area contributed by atoms with E-state index in [1.165, 1.54) is 11.8 Å². The van der Waals surface area contributed by atoms with Crippen molar-refractivity contribution in [3.63, 3.8) is 0 Å². The Bertz CT molecular complexity index is 822. The molecular weight excluding hydrogens is 436 g/mol. The summed E-state index contributed by atoms with van der Waals surface area (Å²) in [6, 6.07) is 4.97. The highest BCUT2D eigenvalue weighted by molar-refractivity contribution is 7.80. The van der Waals surface area contributed by atoms with Crippen LogP contribution in [0.5, 0.6) is 0 Å². The van der Waals surface area contributed by atoms with Crippen LogP contribution in [0.2, 0.25) is 0 Å². The van der Waals surface area contributed by atoms with E-state index in [0.29, 0.717) is 19.3 Å². The molecule has 1 heterocycles. The van der Waals surface area contributed by atoms with E-state index in [4.69, 9.17) is 10.8 Å². The van der Waals surface area contributed by atoms with Gasteiger partial charge in [-0.2, -0.15) is 12.6 Å². The quantitative estimate of drug-likeness (QED) is 0.239. The summed E-state index contributed by atoms with van der Waals surface area (Å²) in [6.07, 6.45) is -0.135. The Hall–Kier alpha value is -2.63. The van der Waals surface area contributed by atoms with Crippen molar-refractivity contribution in [1.29, 1.82) is 0 Å². The second kappa shape index (κ2) is 11.8. The lowest BCUT2D eigenvalue weighted by molar-refractivity contribution is -0.147. The number of carboxylic acid groups (broad SMARTS) is 1. The van der Waals surface area contributed by atoms with E-state index in [-0.39, 0.29) is 12.3 Å². The third kappa shape index (κ3) is 6.68. The predicted octanol–water partition coefficient (Wildman–Crippen LogP) is -1.09. The first-order valence-electron chi connectivity index (χ1n) is 10.4. The molecule has 1 aliphatic heterocycles. The second-order valence-electron chi connectivity index (χ2n) is 7.79. The van der Waals surface area contributed by atoms with Crippen molar-refractivity contribution in [2.75, 3.05) is 12.3 Å². The number of hydrogen-bond donors (Lipinski definition) is 6. The number of carbonyl (C=O) groups is 4. The van der Waals surface area contributed by atoms with E-state index in [1.807, 2.05) is 30.3 Å². The van der Waals surface area contributed by atoms with Gasteiger partial charge >= 0.3 is 5.97 Å². The zero-order valence-corrected chi connectivity index (χ0v) is 18.7. The monoisotopic (exact) mass is 466 g/mol. The lowest BCUT2D eigenvalue weighted by Gasteiger charge is -2.29. The lowest BCUT2D eigenvalue weighted by atomic mass is 10.1. The topological polar surface area (TPSA) is 162 Å². The maximum atomic E-state index is 13.0. The van der Waals surface area contributed by atoms with Crippen LogP contribution < -0.4 is 16.4 Å². The van der Waals surface area contributed by atoms with Gasteiger partial charge in [-0.15, -0.1) is 0 Å². The number of benzene rings is 1. The molecule has 1 fully saturated rings. The van der Waals surface area contributed by atoms with Crippen LogP contribution in [-0.2, 0) is 25.6 Å². The van der Waals surface area contributed by atoms with E-state index >= 15 is 0 Å². The fourth-order valence-corrected chi connectivity index (χ4v) is 3.81. The Morgan fingerprint density at radius 3 is 2.44 bits per heavy atom. The van der Waals surface area contributed by atoms with Gasteiger partial charge in [-0.25, -0.2) is 4.79 Å². The third-order valence-corrected chi connectivity index (χ3v) is 5.68. The van der Waals surface area contributed by atoms with Crippen molar-refractivity contribution < 1.29 is 29.4 Å². The molecule has 3 amide bonds. The number of rotatable bonds is 10. The van der Waals surface area contributed by atoms with Crippen molar-refractivity contribution >= 4 is 36.3 Å². The third-order valence-electron chi connectivity index (χ3n) is 5.32. The lowest BCUT2D eigenvalue weighted by Crippen LogP contribution is -2.58. The standard InChI is InChI=1S/C21H30N4O6S/c1-12(26)17(21(30)31)24-19(28)16-8-5-9-25(16)20(29)15(11-32)23-18(27)14(22)10-13-6-3-2-4-7-13/h2-4,6-7,12,14-17,26,32H,5,8-11,22H2,1H3,(H,23,27)(H,24,28)(H,30,31). The maximum Gasteiger partial charge on any atom is 0.328 e. The molecule has 5 unspecified atom stereocenters. The Morgan fingerprint density at radius 1 is 1.22 bits per heavy atom. The number of aliphatic hydroxyl groups is 1. The number of likely N-dealkylation sites (tertiary alicyclic amines) is 1. The molecule has 176 valence electrons. The SMILES string of the molecule is CC(O)C(NC(=O)C1CCCN1C(=O)C(CS)NC(=O)C(N)Cc1ccccc1)C(=O)O. The van der Waals surface area contributed by atoms with Gasteiger partial charge in [-0.05, 0) is 31.7 Å². The van der Waals surface area contributed by atoms with Crippen LogP contribution in [0.1, 0.15) is 25.3 Å². The van der Waals surface area contributed by atoms with Gasteiger partial charge in [0.25, 0.3) is 0 Å². The van der Waals surface area contributed by atoms with Crippen molar-refractivity contribution in [3.05, 3.63) is 35.9 Å². The molecule has 5 atom stereocenters. The number of aliphatic hydroxyl groups excluding tert-OH is 1. The summed E-state index contributed by atoms with van der Waals surface area (Å²) in [7, 11) is 0. The highest BCUT2D eigenvalue weighted by Gasteiger charge is 2.39. The van der Waals surface area contributed by atoms with Crippen LogP contribution >= 0.6 is 12.6 Å². The first kappa shape index (κ1) is 25.6. The number of nitrogens with zero attached hydrogens (tertiary/aromatic N) is 1. The molecule has 0 saturated carbocycles. The van der Waals surface area contributed by atoms with Gasteiger partial charge in [0.1, 0.15) is 12.1 Å². The van der Waals surface area contributed by atoms with Gasteiger partial charge in [0, 0.05) is 12.3 Å². The summed E-state index contributed by atoms with van der Waals surface area (Å²) >= 11 is 4.17. The first-order valence-corrected chi connectivity index (χ1v) is 11.0. The minimum atomic E-state index is -1.49. The fourth-order valence-electron chi connectivity index (χ4n) is 3.57. The number of amides is 3. The first-order chi connectivity index (χ1) is 15.1. The Labute approximate surface area is 191 Å². The van der Waals surface area contributed by atoms with Crippen molar-refractivity contribution in [1.82, 2.24) is 15.5 Å². The van der Waals surface area contributed by atoms with Crippen LogP contribution in [-0.4, -0.2) is 81.4 Å². The van der Waals surface area contributed by atoms with Gasteiger partial charge < -0.3 is 31.5 Å². The largest absolute Gasteiger partial charge is 0.480 e. The molecule has 0 bridgehead atoms. The number of hydrogen-bond acceptors (Lipinski definition) is 7. The van der Waals surface area contributed by atoms with E-state index in [2.05, 4.69) is 23.3 Å². The van der Waals surface area contributed by atoms with Gasteiger partial charge in [0.15, 0.2) is 6.04 Å². The summed E-state index contributed by atoms with van der Waals surface area (Å²) < 4.78 is 0. The van der Waals surface area contributed by atoms with Crippen LogP contribution in [0.15, 0.2) is 30.3 Å². The number of nitrogens with one attached hydrogen (secondary N) is 2. The normalized spacial score (nSPS) is 19.5. The minimum absolute atomic E-state index is 0.00110. The van der Waals surface area contributed by atoms with E-state index in [9.17, 15) is 24.3 Å².